The smallest absolute Gasteiger partial charge is 0.141 e. The summed E-state index contributed by atoms with van der Waals surface area (Å²) in [6, 6.07) is 0.997. The van der Waals surface area contributed by atoms with Gasteiger partial charge in [0.05, 0.1) is 20.2 Å². The molecule has 0 aromatic carbocycles. The number of quaternary nitrogens is 1. The van der Waals surface area contributed by atoms with Crippen LogP contribution in [0.1, 0.15) is 12.8 Å². The van der Waals surface area contributed by atoms with E-state index in [-0.39, 0.29) is 29.2 Å². The molecule has 4 aliphatic rings. The molecule has 0 aromatic rings. The van der Waals surface area contributed by atoms with Crippen molar-refractivity contribution in [1.82, 2.24) is 0 Å². The maximum atomic E-state index is 9.90. The minimum Gasteiger partial charge on any atom is -1.00 e. The van der Waals surface area contributed by atoms with Crippen LogP contribution in [-0.4, -0.2) is 54.1 Å². The zero-order valence-corrected chi connectivity index (χ0v) is 9.57. The Morgan fingerprint density at radius 3 is 2.38 bits per heavy atom. The summed E-state index contributed by atoms with van der Waals surface area (Å²) in [7, 11) is 4.45. The van der Waals surface area contributed by atoms with E-state index in [0.29, 0.717) is 18.2 Å². The number of halogens is 1. The molecule has 5 atom stereocenters. The van der Waals surface area contributed by atoms with Crippen molar-refractivity contribution in [1.29, 1.82) is 0 Å². The molecule has 76 valence electrons. The molecule has 0 aliphatic carbocycles. The lowest BCUT2D eigenvalue weighted by molar-refractivity contribution is -0.930. The van der Waals surface area contributed by atoms with Crippen LogP contribution in [0, 0.1) is 0 Å². The molecule has 0 spiro atoms. The first-order chi connectivity index (χ1) is 5.60. The molecule has 13 heavy (non-hydrogen) atoms. The van der Waals surface area contributed by atoms with Crippen LogP contribution in [0.15, 0.2) is 0 Å². The lowest BCUT2D eigenvalue weighted by Gasteiger charge is -2.41. The molecule has 4 aliphatic heterocycles. The number of hydrogen-bond donors (Lipinski definition) is 1. The molecule has 4 heterocycles. The fourth-order valence-electron chi connectivity index (χ4n) is 3.42. The standard InChI is InChI=1S/C9H16NO2.BrH/c1-10(2)6-3-5-4-7(10)9(12-5)8(6)11;/h5-9,11H,3-4H2,1-2H3;1H/q+1;/p-1/t5-,6?,7?,8?,9?;/m0./s1. The monoisotopic (exact) mass is 249 g/mol. The summed E-state index contributed by atoms with van der Waals surface area (Å²) in [6.07, 6.45) is 2.61. The van der Waals surface area contributed by atoms with Gasteiger partial charge >= 0.3 is 0 Å². The molecule has 0 amide bonds. The van der Waals surface area contributed by atoms with Crippen molar-refractivity contribution in [2.45, 2.75) is 43.2 Å². The number of hydrogen-bond acceptors (Lipinski definition) is 2. The molecular formula is C9H16BrNO2. The summed E-state index contributed by atoms with van der Waals surface area (Å²) in [5.74, 6) is 0. The fourth-order valence-corrected chi connectivity index (χ4v) is 3.42. The van der Waals surface area contributed by atoms with Gasteiger partial charge in [0.25, 0.3) is 0 Å². The molecule has 3 nitrogen and oxygen atoms in total. The number of likely N-dealkylation sites (N-methyl/N-ethyl adjacent to an activating group) is 1. The summed E-state index contributed by atoms with van der Waals surface area (Å²) in [5, 5.41) is 9.90. The Morgan fingerprint density at radius 2 is 1.85 bits per heavy atom. The maximum Gasteiger partial charge on any atom is 0.141 e. The predicted molar refractivity (Wildman–Crippen MR) is 43.6 cm³/mol. The van der Waals surface area contributed by atoms with E-state index in [2.05, 4.69) is 14.1 Å². The minimum absolute atomic E-state index is 0. The highest BCUT2D eigenvalue weighted by Crippen LogP contribution is 2.48. The Labute approximate surface area is 89.0 Å². The Morgan fingerprint density at radius 1 is 1.23 bits per heavy atom. The van der Waals surface area contributed by atoms with Crippen LogP contribution in [0.2, 0.25) is 0 Å². The van der Waals surface area contributed by atoms with E-state index in [0.717, 1.165) is 17.3 Å². The van der Waals surface area contributed by atoms with Crippen molar-refractivity contribution in [3.8, 4) is 0 Å². The Balaban J connectivity index is 0.000000653. The molecule has 0 saturated carbocycles. The van der Waals surface area contributed by atoms with E-state index < -0.39 is 0 Å². The average molecular weight is 250 g/mol. The third kappa shape index (κ3) is 1.00. The van der Waals surface area contributed by atoms with Gasteiger partial charge in [-0.25, -0.2) is 0 Å². The van der Waals surface area contributed by atoms with Crippen molar-refractivity contribution in [2.75, 3.05) is 14.1 Å². The van der Waals surface area contributed by atoms with Gasteiger partial charge in [0.15, 0.2) is 0 Å². The van der Waals surface area contributed by atoms with Gasteiger partial charge in [-0.3, -0.25) is 0 Å². The van der Waals surface area contributed by atoms with Gasteiger partial charge < -0.3 is 31.3 Å². The van der Waals surface area contributed by atoms with Crippen LogP contribution < -0.4 is 17.0 Å². The molecule has 4 rings (SSSR count). The normalized spacial score (nSPS) is 55.2. The van der Waals surface area contributed by atoms with Crippen molar-refractivity contribution < 1.29 is 31.3 Å². The quantitative estimate of drug-likeness (QED) is 0.457. The summed E-state index contributed by atoms with van der Waals surface area (Å²) < 4.78 is 6.71. The van der Waals surface area contributed by atoms with Crippen LogP contribution >= 0.6 is 0 Å². The minimum atomic E-state index is -0.205. The van der Waals surface area contributed by atoms with E-state index in [1.807, 2.05) is 0 Å². The summed E-state index contributed by atoms with van der Waals surface area (Å²) in [4.78, 5) is 0. The molecule has 1 N–H and O–H groups in total. The number of aliphatic hydroxyl groups excluding tert-OH is 1. The topological polar surface area (TPSA) is 29.5 Å². The molecular weight excluding hydrogens is 234 g/mol. The van der Waals surface area contributed by atoms with Crippen LogP contribution in [0.25, 0.3) is 0 Å². The van der Waals surface area contributed by atoms with E-state index in [4.69, 9.17) is 4.74 Å². The number of nitrogens with zero attached hydrogens (tertiary/aromatic N) is 1. The lowest BCUT2D eigenvalue weighted by Crippen LogP contribution is -3.00. The van der Waals surface area contributed by atoms with Gasteiger partial charge in [0, 0.05) is 12.8 Å². The first-order valence-corrected chi connectivity index (χ1v) is 4.77. The van der Waals surface area contributed by atoms with Gasteiger partial charge in [-0.05, 0) is 0 Å². The van der Waals surface area contributed by atoms with Crippen LogP contribution in [0.4, 0.5) is 0 Å². The average Bonchev–Trinajstić information content (AvgIpc) is 2.39. The van der Waals surface area contributed by atoms with Gasteiger partial charge in [-0.15, -0.1) is 0 Å². The summed E-state index contributed by atoms with van der Waals surface area (Å²) in [5.41, 5.74) is 0. The maximum absolute atomic E-state index is 9.90. The number of piperidine rings is 1. The molecule has 4 fully saturated rings. The van der Waals surface area contributed by atoms with Crippen molar-refractivity contribution in [3.05, 3.63) is 0 Å². The first kappa shape index (κ1) is 9.90. The van der Waals surface area contributed by atoms with E-state index in [1.165, 1.54) is 0 Å². The first-order valence-electron chi connectivity index (χ1n) is 4.77. The molecule has 4 heteroatoms. The molecule has 0 radical (unpaired) electrons. The lowest BCUT2D eigenvalue weighted by atomic mass is 9.98. The van der Waals surface area contributed by atoms with Crippen molar-refractivity contribution in [2.24, 2.45) is 0 Å². The SMILES string of the molecule is C[N+]1(C)C2C[C@H]3CC1C(O3)C2O.[Br-]. The van der Waals surface area contributed by atoms with Gasteiger partial charge in [0.2, 0.25) is 0 Å². The fraction of sp³-hybridized carbons (Fsp3) is 1.00. The van der Waals surface area contributed by atoms with E-state index >= 15 is 0 Å². The van der Waals surface area contributed by atoms with Gasteiger partial charge in [-0.2, -0.15) is 0 Å². The Kier molecular flexibility index (Phi) is 2.05. The summed E-state index contributed by atoms with van der Waals surface area (Å²) in [6.45, 7) is 0. The second kappa shape index (κ2) is 2.69. The van der Waals surface area contributed by atoms with Gasteiger partial charge in [0.1, 0.15) is 24.3 Å². The number of rotatable bonds is 0. The molecule has 4 unspecified atom stereocenters. The number of ether oxygens (including phenoxy) is 1. The molecule has 0 aromatic heterocycles. The second-order valence-corrected chi connectivity index (χ2v) is 4.95. The highest BCUT2D eigenvalue weighted by Gasteiger charge is 2.66. The highest BCUT2D eigenvalue weighted by molar-refractivity contribution is 5.04. The highest BCUT2D eigenvalue weighted by atomic mass is 79.9. The second-order valence-electron chi connectivity index (χ2n) is 4.95. The Hall–Kier alpha value is 0.360. The third-order valence-electron chi connectivity index (χ3n) is 4.18. The molecule has 4 saturated heterocycles. The van der Waals surface area contributed by atoms with Crippen molar-refractivity contribution >= 4 is 0 Å². The van der Waals surface area contributed by atoms with Crippen LogP contribution in [0.5, 0.6) is 0 Å². The van der Waals surface area contributed by atoms with E-state index in [9.17, 15) is 5.11 Å². The Bertz CT molecular complexity index is 230. The third-order valence-corrected chi connectivity index (χ3v) is 4.18. The van der Waals surface area contributed by atoms with Crippen LogP contribution in [-0.2, 0) is 4.74 Å². The molecule has 4 bridgehead atoms. The van der Waals surface area contributed by atoms with Crippen LogP contribution in [0.3, 0.4) is 0 Å². The van der Waals surface area contributed by atoms with Crippen molar-refractivity contribution in [3.63, 3.8) is 0 Å². The zero-order valence-electron chi connectivity index (χ0n) is 7.98. The predicted octanol–water partition coefficient (Wildman–Crippen LogP) is -3.26. The summed E-state index contributed by atoms with van der Waals surface area (Å²) >= 11 is 0. The van der Waals surface area contributed by atoms with Gasteiger partial charge in [-0.1, -0.05) is 0 Å². The largest absolute Gasteiger partial charge is 1.00 e. The zero-order chi connectivity index (χ0) is 8.51. The van der Waals surface area contributed by atoms with E-state index in [1.54, 1.807) is 0 Å². The number of aliphatic hydroxyl groups is 1.